The highest BCUT2D eigenvalue weighted by Gasteiger charge is 2.35. The van der Waals surface area contributed by atoms with Crippen LogP contribution in [-0.2, 0) is 16.1 Å². The first kappa shape index (κ1) is 19.1. The molecular weight excluding hydrogens is 396 g/mol. The number of rotatable bonds is 4. The highest BCUT2D eigenvalue weighted by Crippen LogP contribution is 2.34. The molecule has 28 heavy (non-hydrogen) atoms. The fourth-order valence-corrected chi connectivity index (χ4v) is 4.22. The number of ether oxygens (including phenoxy) is 1. The molecule has 5 nitrogen and oxygen atoms in total. The van der Waals surface area contributed by atoms with E-state index in [1.54, 1.807) is 12.1 Å². The van der Waals surface area contributed by atoms with Gasteiger partial charge in [0.1, 0.15) is 0 Å². The number of hydrogen-bond donors (Lipinski definition) is 0. The van der Waals surface area contributed by atoms with Crippen molar-refractivity contribution in [1.82, 2.24) is 4.90 Å². The number of benzene rings is 2. The van der Waals surface area contributed by atoms with E-state index in [1.165, 1.54) is 4.90 Å². The van der Waals surface area contributed by atoms with Crippen molar-refractivity contribution in [1.29, 1.82) is 0 Å². The lowest BCUT2D eigenvalue weighted by Gasteiger charge is -2.28. The van der Waals surface area contributed by atoms with E-state index in [1.807, 2.05) is 42.5 Å². The first-order valence-electron chi connectivity index (χ1n) is 9.03. The lowest BCUT2D eigenvalue weighted by Crippen LogP contribution is -2.36. The van der Waals surface area contributed by atoms with E-state index in [-0.39, 0.29) is 17.7 Å². The van der Waals surface area contributed by atoms with Gasteiger partial charge in [0.05, 0.1) is 24.7 Å². The Morgan fingerprint density at radius 3 is 2.46 bits per heavy atom. The Morgan fingerprint density at radius 1 is 1.04 bits per heavy atom. The minimum absolute atomic E-state index is 0.178. The second kappa shape index (κ2) is 8.39. The monoisotopic (exact) mass is 414 g/mol. The van der Waals surface area contributed by atoms with E-state index < -0.39 is 0 Å². The number of anilines is 1. The Balaban J connectivity index is 1.48. The van der Waals surface area contributed by atoms with E-state index >= 15 is 0 Å². The highest BCUT2D eigenvalue weighted by molar-refractivity contribution is 8.18. The van der Waals surface area contributed by atoms with Gasteiger partial charge in [-0.1, -0.05) is 41.9 Å². The summed E-state index contributed by atoms with van der Waals surface area (Å²) in [5, 5.41) is 0.269. The van der Waals surface area contributed by atoms with Crippen LogP contribution in [0.3, 0.4) is 0 Å². The number of halogens is 1. The van der Waals surface area contributed by atoms with Gasteiger partial charge in [-0.2, -0.15) is 0 Å². The molecule has 0 aliphatic carbocycles. The standard InChI is InChI=1S/C21H19ClN2O3S/c22-18-4-2-1-3-16(18)14-24-20(25)19(28-21(24)26)13-15-5-7-17(8-6-15)23-9-11-27-12-10-23/h1-8,13H,9-12,14H2/b19-13+. The summed E-state index contributed by atoms with van der Waals surface area (Å²) < 4.78 is 5.38. The third-order valence-corrected chi connectivity index (χ3v) is 6.00. The van der Waals surface area contributed by atoms with Crippen LogP contribution in [0.5, 0.6) is 0 Å². The van der Waals surface area contributed by atoms with Crippen LogP contribution >= 0.6 is 23.4 Å². The zero-order valence-corrected chi connectivity index (χ0v) is 16.7. The van der Waals surface area contributed by atoms with E-state index in [0.717, 1.165) is 54.9 Å². The van der Waals surface area contributed by atoms with Gasteiger partial charge in [0.25, 0.3) is 11.1 Å². The molecule has 2 fully saturated rings. The largest absolute Gasteiger partial charge is 0.378 e. The Labute approximate surface area is 172 Å². The molecule has 2 aromatic rings. The van der Waals surface area contributed by atoms with Gasteiger partial charge in [-0.15, -0.1) is 0 Å². The van der Waals surface area contributed by atoms with Crippen molar-refractivity contribution < 1.29 is 14.3 Å². The summed E-state index contributed by atoms with van der Waals surface area (Å²) in [5.41, 5.74) is 2.77. The van der Waals surface area contributed by atoms with Gasteiger partial charge in [-0.25, -0.2) is 0 Å². The van der Waals surface area contributed by atoms with Crippen molar-refractivity contribution in [2.75, 3.05) is 31.2 Å². The summed E-state index contributed by atoms with van der Waals surface area (Å²) in [7, 11) is 0. The highest BCUT2D eigenvalue weighted by atomic mass is 35.5. The maximum absolute atomic E-state index is 12.7. The maximum Gasteiger partial charge on any atom is 0.293 e. The van der Waals surface area contributed by atoms with Gasteiger partial charge in [0.2, 0.25) is 0 Å². The maximum atomic E-state index is 12.7. The van der Waals surface area contributed by atoms with Crippen LogP contribution in [0.25, 0.3) is 6.08 Å². The first-order valence-corrected chi connectivity index (χ1v) is 10.2. The number of amides is 2. The van der Waals surface area contributed by atoms with E-state index in [4.69, 9.17) is 16.3 Å². The van der Waals surface area contributed by atoms with Crippen LogP contribution in [0, 0.1) is 0 Å². The fraction of sp³-hybridized carbons (Fsp3) is 0.238. The number of hydrogen-bond acceptors (Lipinski definition) is 5. The molecule has 144 valence electrons. The number of morpholine rings is 1. The molecule has 0 radical (unpaired) electrons. The van der Waals surface area contributed by atoms with E-state index in [0.29, 0.717) is 9.93 Å². The molecule has 0 N–H and O–H groups in total. The van der Waals surface area contributed by atoms with Gasteiger partial charge in [0.15, 0.2) is 0 Å². The average molecular weight is 415 g/mol. The zero-order chi connectivity index (χ0) is 19.5. The quantitative estimate of drug-likeness (QED) is 0.693. The van der Waals surface area contributed by atoms with Crippen molar-refractivity contribution in [3.8, 4) is 0 Å². The third kappa shape index (κ3) is 4.09. The molecule has 0 unspecified atom stereocenters. The summed E-state index contributed by atoms with van der Waals surface area (Å²) in [4.78, 5) is 29.0. The van der Waals surface area contributed by atoms with E-state index in [9.17, 15) is 9.59 Å². The van der Waals surface area contributed by atoms with Gasteiger partial charge >= 0.3 is 0 Å². The molecule has 0 spiro atoms. The summed E-state index contributed by atoms with van der Waals surface area (Å²) in [5.74, 6) is -0.285. The Morgan fingerprint density at radius 2 is 1.75 bits per heavy atom. The number of carbonyl (C=O) groups is 2. The lowest BCUT2D eigenvalue weighted by atomic mass is 10.1. The topological polar surface area (TPSA) is 49.9 Å². The molecule has 2 aliphatic rings. The number of thioether (sulfide) groups is 1. The van der Waals surface area contributed by atoms with Crippen LogP contribution in [-0.4, -0.2) is 42.3 Å². The lowest BCUT2D eigenvalue weighted by molar-refractivity contribution is -0.123. The second-order valence-electron chi connectivity index (χ2n) is 6.55. The first-order chi connectivity index (χ1) is 13.6. The molecule has 2 amide bonds. The number of nitrogens with zero attached hydrogens (tertiary/aromatic N) is 2. The predicted molar refractivity (Wildman–Crippen MR) is 112 cm³/mol. The molecule has 2 saturated heterocycles. The van der Waals surface area contributed by atoms with Crippen LogP contribution in [0.4, 0.5) is 10.5 Å². The van der Waals surface area contributed by atoms with Crippen LogP contribution in [0.15, 0.2) is 53.4 Å². The summed E-state index contributed by atoms with van der Waals surface area (Å²) in [6.45, 7) is 3.40. The van der Waals surface area contributed by atoms with Crippen molar-refractivity contribution in [2.24, 2.45) is 0 Å². The van der Waals surface area contributed by atoms with Crippen LogP contribution in [0.2, 0.25) is 5.02 Å². The van der Waals surface area contributed by atoms with Gasteiger partial charge < -0.3 is 9.64 Å². The molecule has 7 heteroatoms. The third-order valence-electron chi connectivity index (χ3n) is 4.73. The van der Waals surface area contributed by atoms with Gasteiger partial charge in [-0.05, 0) is 47.2 Å². The smallest absolute Gasteiger partial charge is 0.293 e. The zero-order valence-electron chi connectivity index (χ0n) is 15.1. The fourth-order valence-electron chi connectivity index (χ4n) is 3.19. The Bertz CT molecular complexity index is 924. The molecule has 0 atom stereocenters. The minimum Gasteiger partial charge on any atom is -0.378 e. The molecule has 4 rings (SSSR count). The number of carbonyl (C=O) groups excluding carboxylic acids is 2. The van der Waals surface area contributed by atoms with Crippen molar-refractivity contribution in [3.05, 3.63) is 69.6 Å². The van der Waals surface area contributed by atoms with Gasteiger partial charge in [0, 0.05) is 23.8 Å². The molecule has 2 aliphatic heterocycles. The molecule has 0 saturated carbocycles. The normalized spacial score (nSPS) is 19.0. The van der Waals surface area contributed by atoms with Crippen molar-refractivity contribution in [2.45, 2.75) is 6.54 Å². The predicted octanol–water partition coefficient (Wildman–Crippen LogP) is 4.41. The molecule has 2 aromatic carbocycles. The Kier molecular flexibility index (Phi) is 5.71. The van der Waals surface area contributed by atoms with Crippen molar-refractivity contribution in [3.63, 3.8) is 0 Å². The summed E-state index contributed by atoms with van der Waals surface area (Å²) in [6, 6.07) is 15.2. The van der Waals surface area contributed by atoms with Crippen molar-refractivity contribution >= 4 is 46.3 Å². The van der Waals surface area contributed by atoms with Gasteiger partial charge in [-0.3, -0.25) is 14.5 Å². The SMILES string of the molecule is O=C1S/C(=C/c2ccc(N3CCOCC3)cc2)C(=O)N1Cc1ccccc1Cl. The average Bonchev–Trinajstić information content (AvgIpc) is 2.98. The molecule has 2 heterocycles. The molecule has 0 aromatic heterocycles. The second-order valence-corrected chi connectivity index (χ2v) is 7.95. The van der Waals surface area contributed by atoms with E-state index in [2.05, 4.69) is 4.90 Å². The summed E-state index contributed by atoms with van der Waals surface area (Å²) in [6.07, 6.45) is 1.76. The Hall–Kier alpha value is -2.28. The summed E-state index contributed by atoms with van der Waals surface area (Å²) >= 11 is 7.12. The molecular formula is C21H19ClN2O3S. The number of imide groups is 1. The van der Waals surface area contributed by atoms with Crippen LogP contribution in [0.1, 0.15) is 11.1 Å². The molecule has 0 bridgehead atoms. The minimum atomic E-state index is -0.285. The van der Waals surface area contributed by atoms with Crippen LogP contribution < -0.4 is 4.90 Å².